The summed E-state index contributed by atoms with van der Waals surface area (Å²) in [7, 11) is 0. The zero-order chi connectivity index (χ0) is 13.5. The normalized spacial score (nSPS) is 12.1. The van der Waals surface area contributed by atoms with Crippen LogP contribution in [0, 0.1) is 0 Å². The number of alkyl halides is 2. The highest BCUT2D eigenvalue weighted by atomic mass is 32.1. The Morgan fingerprint density at radius 2 is 1.94 bits per heavy atom. The van der Waals surface area contributed by atoms with E-state index in [-0.39, 0.29) is 11.8 Å². The second-order valence-corrected chi connectivity index (χ2v) is 4.22. The molecule has 0 spiro atoms. The van der Waals surface area contributed by atoms with Gasteiger partial charge in [0, 0.05) is 11.7 Å². The molecule has 0 saturated heterocycles. The van der Waals surface area contributed by atoms with Crippen LogP contribution in [0.4, 0.5) is 14.5 Å². The van der Waals surface area contributed by atoms with Crippen LogP contribution in [0.25, 0.3) is 0 Å². The number of nitrogens with one attached hydrogen (secondary N) is 2. The topological polar surface area (TPSA) is 33.3 Å². The van der Waals surface area contributed by atoms with E-state index in [4.69, 9.17) is 12.2 Å². The van der Waals surface area contributed by atoms with Crippen molar-refractivity contribution in [2.24, 2.45) is 0 Å². The summed E-state index contributed by atoms with van der Waals surface area (Å²) in [6, 6.07) is 6.46. The molecule has 1 aromatic carbocycles. The van der Waals surface area contributed by atoms with Crippen molar-refractivity contribution in [3.05, 3.63) is 24.3 Å². The molecule has 0 bridgehead atoms. The number of rotatable bonds is 5. The minimum Gasteiger partial charge on any atom is -0.435 e. The molecule has 18 heavy (non-hydrogen) atoms. The van der Waals surface area contributed by atoms with Gasteiger partial charge in [-0.1, -0.05) is 6.92 Å². The van der Waals surface area contributed by atoms with Crippen molar-refractivity contribution in [2.75, 3.05) is 5.32 Å². The zero-order valence-corrected chi connectivity index (χ0v) is 11.1. The van der Waals surface area contributed by atoms with Gasteiger partial charge >= 0.3 is 6.61 Å². The number of benzene rings is 1. The number of hydrogen-bond acceptors (Lipinski definition) is 2. The number of thiocarbonyl (C=S) groups is 1. The van der Waals surface area contributed by atoms with Gasteiger partial charge in [0.1, 0.15) is 5.75 Å². The fourth-order valence-corrected chi connectivity index (χ4v) is 1.53. The minimum absolute atomic E-state index is 0.122. The Morgan fingerprint density at radius 1 is 1.33 bits per heavy atom. The molecule has 6 heteroatoms. The van der Waals surface area contributed by atoms with Crippen molar-refractivity contribution in [2.45, 2.75) is 32.9 Å². The molecule has 1 rings (SSSR count). The molecule has 0 aliphatic carbocycles. The van der Waals surface area contributed by atoms with E-state index in [0.717, 1.165) is 12.1 Å². The fraction of sp³-hybridized carbons (Fsp3) is 0.417. The third-order valence-electron chi connectivity index (χ3n) is 2.33. The summed E-state index contributed by atoms with van der Waals surface area (Å²) in [5, 5.41) is 6.57. The molecule has 0 amide bonds. The van der Waals surface area contributed by atoms with Gasteiger partial charge in [-0.2, -0.15) is 8.78 Å². The predicted octanol–water partition coefficient (Wildman–Crippen LogP) is 3.37. The van der Waals surface area contributed by atoms with Gasteiger partial charge in [-0.05, 0) is 49.8 Å². The first-order valence-electron chi connectivity index (χ1n) is 5.63. The Bertz CT molecular complexity index is 384. The summed E-state index contributed by atoms with van der Waals surface area (Å²) in [5.74, 6) is 0.122. The average Bonchev–Trinajstić information content (AvgIpc) is 2.30. The average molecular weight is 274 g/mol. The predicted molar refractivity (Wildman–Crippen MR) is 72.2 cm³/mol. The molecule has 100 valence electrons. The van der Waals surface area contributed by atoms with E-state index in [1.807, 2.05) is 6.92 Å². The molecular weight excluding hydrogens is 258 g/mol. The van der Waals surface area contributed by atoms with Crippen molar-refractivity contribution in [3.63, 3.8) is 0 Å². The summed E-state index contributed by atoms with van der Waals surface area (Å²) < 4.78 is 28.1. The molecule has 0 aliphatic rings. The second-order valence-electron chi connectivity index (χ2n) is 3.81. The molecule has 0 saturated carbocycles. The van der Waals surface area contributed by atoms with Gasteiger partial charge in [-0.3, -0.25) is 0 Å². The van der Waals surface area contributed by atoms with E-state index >= 15 is 0 Å². The molecular formula is C12H16F2N2OS. The lowest BCUT2D eigenvalue weighted by atomic mass is 10.3. The molecule has 0 radical (unpaired) electrons. The van der Waals surface area contributed by atoms with E-state index in [9.17, 15) is 8.78 Å². The zero-order valence-electron chi connectivity index (χ0n) is 10.2. The Kier molecular flexibility index (Phi) is 5.77. The van der Waals surface area contributed by atoms with Gasteiger partial charge in [0.15, 0.2) is 5.11 Å². The first-order valence-corrected chi connectivity index (χ1v) is 6.04. The third kappa shape index (κ3) is 5.27. The quantitative estimate of drug-likeness (QED) is 0.807. The van der Waals surface area contributed by atoms with Crippen molar-refractivity contribution in [1.82, 2.24) is 5.32 Å². The Labute approximate surface area is 111 Å². The molecule has 0 aliphatic heterocycles. The standard InChI is InChI=1S/C12H16F2N2OS/c1-3-8(2)15-12(18)16-9-4-6-10(7-5-9)17-11(13)14/h4-8,11H,3H2,1-2H3,(H2,15,16,18). The van der Waals surface area contributed by atoms with E-state index < -0.39 is 6.61 Å². The molecule has 0 fully saturated rings. The van der Waals surface area contributed by atoms with Crippen molar-refractivity contribution < 1.29 is 13.5 Å². The van der Waals surface area contributed by atoms with Crippen LogP contribution >= 0.6 is 12.2 Å². The van der Waals surface area contributed by atoms with Crippen LogP contribution in [0.15, 0.2) is 24.3 Å². The Morgan fingerprint density at radius 3 is 2.44 bits per heavy atom. The fourth-order valence-electron chi connectivity index (χ4n) is 1.21. The maximum Gasteiger partial charge on any atom is 0.387 e. The Hall–Kier alpha value is -1.43. The van der Waals surface area contributed by atoms with Crippen molar-refractivity contribution in [3.8, 4) is 5.75 Å². The smallest absolute Gasteiger partial charge is 0.387 e. The highest BCUT2D eigenvalue weighted by Gasteiger charge is 2.05. The lowest BCUT2D eigenvalue weighted by Gasteiger charge is -2.15. The first kappa shape index (κ1) is 14.6. The summed E-state index contributed by atoms with van der Waals surface area (Å²) in [4.78, 5) is 0. The molecule has 0 aromatic heterocycles. The van der Waals surface area contributed by atoms with Gasteiger partial charge in [0.2, 0.25) is 0 Å². The molecule has 1 unspecified atom stereocenters. The Balaban J connectivity index is 2.50. The van der Waals surface area contributed by atoms with Gasteiger partial charge in [-0.15, -0.1) is 0 Å². The van der Waals surface area contributed by atoms with Crippen LogP contribution in [-0.4, -0.2) is 17.8 Å². The summed E-state index contributed by atoms with van der Waals surface area (Å²) >= 11 is 5.11. The van der Waals surface area contributed by atoms with Crippen molar-refractivity contribution in [1.29, 1.82) is 0 Å². The number of halogens is 2. The maximum absolute atomic E-state index is 11.9. The molecule has 1 aromatic rings. The van der Waals surface area contributed by atoms with Crippen LogP contribution in [0.5, 0.6) is 5.75 Å². The lowest BCUT2D eigenvalue weighted by molar-refractivity contribution is -0.0498. The molecule has 1 atom stereocenters. The van der Waals surface area contributed by atoms with E-state index in [0.29, 0.717) is 5.11 Å². The third-order valence-corrected chi connectivity index (χ3v) is 2.55. The van der Waals surface area contributed by atoms with Crippen LogP contribution < -0.4 is 15.4 Å². The minimum atomic E-state index is -2.81. The lowest BCUT2D eigenvalue weighted by Crippen LogP contribution is -2.35. The maximum atomic E-state index is 11.9. The van der Waals surface area contributed by atoms with E-state index in [1.165, 1.54) is 12.1 Å². The van der Waals surface area contributed by atoms with Crippen molar-refractivity contribution >= 4 is 23.0 Å². The van der Waals surface area contributed by atoms with Crippen LogP contribution in [0.1, 0.15) is 20.3 Å². The summed E-state index contributed by atoms with van der Waals surface area (Å²) in [6.45, 7) is 1.27. The SMILES string of the molecule is CCC(C)NC(=S)Nc1ccc(OC(F)F)cc1. The number of ether oxygens (including phenoxy) is 1. The van der Waals surface area contributed by atoms with Gasteiger partial charge in [0.25, 0.3) is 0 Å². The first-order chi connectivity index (χ1) is 8.51. The van der Waals surface area contributed by atoms with Gasteiger partial charge in [0.05, 0.1) is 0 Å². The van der Waals surface area contributed by atoms with Gasteiger partial charge < -0.3 is 15.4 Å². The van der Waals surface area contributed by atoms with E-state index in [1.54, 1.807) is 12.1 Å². The highest BCUT2D eigenvalue weighted by molar-refractivity contribution is 7.80. The highest BCUT2D eigenvalue weighted by Crippen LogP contribution is 2.17. The summed E-state index contributed by atoms with van der Waals surface area (Å²) in [6.07, 6.45) is 0.961. The molecule has 3 nitrogen and oxygen atoms in total. The molecule has 0 heterocycles. The second kappa shape index (κ2) is 7.10. The van der Waals surface area contributed by atoms with Crippen LogP contribution in [-0.2, 0) is 0 Å². The van der Waals surface area contributed by atoms with E-state index in [2.05, 4.69) is 22.3 Å². The van der Waals surface area contributed by atoms with Crippen LogP contribution in [0.3, 0.4) is 0 Å². The number of anilines is 1. The summed E-state index contributed by atoms with van der Waals surface area (Å²) in [5.41, 5.74) is 0.720. The monoisotopic (exact) mass is 274 g/mol. The number of hydrogen-bond donors (Lipinski definition) is 2. The van der Waals surface area contributed by atoms with Crippen LogP contribution in [0.2, 0.25) is 0 Å². The molecule has 2 N–H and O–H groups in total. The largest absolute Gasteiger partial charge is 0.435 e. The van der Waals surface area contributed by atoms with Gasteiger partial charge in [-0.25, -0.2) is 0 Å².